The quantitative estimate of drug-likeness (QED) is 0.929. The lowest BCUT2D eigenvalue weighted by Crippen LogP contribution is -2.27. The van der Waals surface area contributed by atoms with Crippen molar-refractivity contribution in [2.75, 3.05) is 20.8 Å². The molecule has 0 saturated carbocycles. The third-order valence-electron chi connectivity index (χ3n) is 3.19. The van der Waals surface area contributed by atoms with Crippen molar-refractivity contribution in [3.05, 3.63) is 22.2 Å². The molecule has 1 fully saturated rings. The fraction of sp³-hybridized carbons (Fsp3) is 0.538. The Labute approximate surface area is 111 Å². The largest absolute Gasteiger partial charge is 0.492 e. The zero-order valence-electron chi connectivity index (χ0n) is 10.3. The van der Waals surface area contributed by atoms with E-state index in [9.17, 15) is 0 Å². The van der Waals surface area contributed by atoms with Gasteiger partial charge in [-0.05, 0) is 41.4 Å². The van der Waals surface area contributed by atoms with Gasteiger partial charge < -0.3 is 14.8 Å². The van der Waals surface area contributed by atoms with Crippen molar-refractivity contribution in [3.63, 3.8) is 0 Å². The molecule has 1 aliphatic rings. The molecule has 1 heterocycles. The Hall–Kier alpha value is -0.740. The van der Waals surface area contributed by atoms with Gasteiger partial charge in [-0.25, -0.2) is 0 Å². The minimum Gasteiger partial charge on any atom is -0.492 e. The summed E-state index contributed by atoms with van der Waals surface area (Å²) in [6, 6.07) is 4.50. The maximum absolute atomic E-state index is 5.51. The molecule has 94 valence electrons. The molecule has 1 aromatic rings. The van der Waals surface area contributed by atoms with E-state index in [1.807, 2.05) is 6.07 Å². The molecule has 1 unspecified atom stereocenters. The van der Waals surface area contributed by atoms with Crippen LogP contribution >= 0.6 is 15.9 Å². The summed E-state index contributed by atoms with van der Waals surface area (Å²) in [5.74, 6) is 1.61. The summed E-state index contributed by atoms with van der Waals surface area (Å²) in [5.41, 5.74) is 1.19. The first-order chi connectivity index (χ1) is 8.27. The number of halogens is 1. The molecular formula is C13H18BrNO2. The zero-order valence-corrected chi connectivity index (χ0v) is 11.8. The topological polar surface area (TPSA) is 30.5 Å². The summed E-state index contributed by atoms with van der Waals surface area (Å²) in [6.45, 7) is 1.08. The molecule has 3 nitrogen and oxygen atoms in total. The molecule has 0 aromatic heterocycles. The van der Waals surface area contributed by atoms with Gasteiger partial charge in [0.2, 0.25) is 0 Å². The van der Waals surface area contributed by atoms with Crippen molar-refractivity contribution in [1.29, 1.82) is 0 Å². The molecule has 2 rings (SSSR count). The van der Waals surface area contributed by atoms with Gasteiger partial charge in [-0.3, -0.25) is 0 Å². The lowest BCUT2D eigenvalue weighted by molar-refractivity contribution is 0.336. The maximum atomic E-state index is 5.51. The monoisotopic (exact) mass is 299 g/mol. The SMILES string of the molecule is COc1c(Br)ccc(C2CCCCN2)c1OC. The number of nitrogens with one attached hydrogen (secondary N) is 1. The summed E-state index contributed by atoms with van der Waals surface area (Å²) in [6.07, 6.45) is 3.67. The first-order valence-electron chi connectivity index (χ1n) is 5.91. The third kappa shape index (κ3) is 2.58. The molecule has 1 aliphatic heterocycles. The molecule has 4 heteroatoms. The van der Waals surface area contributed by atoms with Crippen LogP contribution in [0.1, 0.15) is 30.9 Å². The number of hydrogen-bond acceptors (Lipinski definition) is 3. The van der Waals surface area contributed by atoms with Gasteiger partial charge in [0.1, 0.15) is 0 Å². The van der Waals surface area contributed by atoms with Gasteiger partial charge in [0.15, 0.2) is 11.5 Å². The van der Waals surface area contributed by atoms with E-state index in [-0.39, 0.29) is 0 Å². The van der Waals surface area contributed by atoms with Crippen molar-refractivity contribution < 1.29 is 9.47 Å². The van der Waals surface area contributed by atoms with E-state index in [0.29, 0.717) is 6.04 Å². The first kappa shape index (κ1) is 12.7. The van der Waals surface area contributed by atoms with Crippen LogP contribution in [0.3, 0.4) is 0 Å². The average molecular weight is 300 g/mol. The van der Waals surface area contributed by atoms with Crippen molar-refractivity contribution in [1.82, 2.24) is 5.32 Å². The fourth-order valence-corrected chi connectivity index (χ4v) is 2.82. The molecule has 1 atom stereocenters. The molecule has 0 aliphatic carbocycles. The van der Waals surface area contributed by atoms with Gasteiger partial charge in [-0.15, -0.1) is 0 Å². The van der Waals surface area contributed by atoms with Gasteiger partial charge in [-0.1, -0.05) is 12.5 Å². The molecule has 0 spiro atoms. The number of benzene rings is 1. The smallest absolute Gasteiger partial charge is 0.175 e. The summed E-state index contributed by atoms with van der Waals surface area (Å²) in [7, 11) is 3.36. The number of ether oxygens (including phenoxy) is 2. The van der Waals surface area contributed by atoms with Gasteiger partial charge in [0.25, 0.3) is 0 Å². The molecule has 1 aromatic carbocycles. The van der Waals surface area contributed by atoms with Crippen LogP contribution in [0.15, 0.2) is 16.6 Å². The Balaban J connectivity index is 2.38. The summed E-state index contributed by atoms with van der Waals surface area (Å²) in [4.78, 5) is 0. The normalized spacial score (nSPS) is 20.1. The van der Waals surface area contributed by atoms with Gasteiger partial charge >= 0.3 is 0 Å². The predicted molar refractivity (Wildman–Crippen MR) is 71.8 cm³/mol. The summed E-state index contributed by atoms with van der Waals surface area (Å²) in [5, 5.41) is 3.53. The second-order valence-corrected chi connectivity index (χ2v) is 5.06. The highest BCUT2D eigenvalue weighted by Crippen LogP contribution is 2.41. The number of rotatable bonds is 3. The Bertz CT molecular complexity index is 389. The molecular weight excluding hydrogens is 282 g/mol. The molecule has 0 radical (unpaired) electrons. The van der Waals surface area contributed by atoms with Crippen LogP contribution in [0.4, 0.5) is 0 Å². The number of methoxy groups -OCH3 is 2. The fourth-order valence-electron chi connectivity index (χ4n) is 2.35. The first-order valence-corrected chi connectivity index (χ1v) is 6.71. The zero-order chi connectivity index (χ0) is 12.3. The van der Waals surface area contributed by atoms with Crippen molar-refractivity contribution in [2.24, 2.45) is 0 Å². The van der Waals surface area contributed by atoms with Crippen molar-refractivity contribution >= 4 is 15.9 Å². The lowest BCUT2D eigenvalue weighted by Gasteiger charge is -2.26. The van der Waals surface area contributed by atoms with E-state index in [2.05, 4.69) is 27.3 Å². The van der Waals surface area contributed by atoms with Gasteiger partial charge in [0.05, 0.1) is 18.7 Å². The Morgan fingerprint density at radius 2 is 1.94 bits per heavy atom. The molecule has 17 heavy (non-hydrogen) atoms. The number of hydrogen-bond donors (Lipinski definition) is 1. The van der Waals surface area contributed by atoms with Gasteiger partial charge in [-0.2, -0.15) is 0 Å². The highest BCUT2D eigenvalue weighted by atomic mass is 79.9. The third-order valence-corrected chi connectivity index (χ3v) is 3.81. The van der Waals surface area contributed by atoms with Crippen molar-refractivity contribution in [3.8, 4) is 11.5 Å². The van der Waals surface area contributed by atoms with Crippen LogP contribution in [0.2, 0.25) is 0 Å². The van der Waals surface area contributed by atoms with Crippen LogP contribution in [0, 0.1) is 0 Å². The molecule has 0 amide bonds. The second-order valence-electron chi connectivity index (χ2n) is 4.21. The van der Waals surface area contributed by atoms with E-state index in [1.165, 1.54) is 18.4 Å². The van der Waals surface area contributed by atoms with Crippen LogP contribution in [0.25, 0.3) is 0 Å². The average Bonchev–Trinajstić information content (AvgIpc) is 2.39. The molecule has 1 saturated heterocycles. The van der Waals surface area contributed by atoms with E-state index >= 15 is 0 Å². The Morgan fingerprint density at radius 3 is 2.53 bits per heavy atom. The minimum atomic E-state index is 0.376. The Morgan fingerprint density at radius 1 is 1.18 bits per heavy atom. The summed E-state index contributed by atoms with van der Waals surface area (Å²) >= 11 is 3.48. The molecule has 1 N–H and O–H groups in total. The van der Waals surface area contributed by atoms with Crippen LogP contribution in [-0.4, -0.2) is 20.8 Å². The van der Waals surface area contributed by atoms with Crippen LogP contribution < -0.4 is 14.8 Å². The standard InChI is InChI=1S/C13H18BrNO2/c1-16-12-9(11-5-3-4-8-15-11)6-7-10(14)13(12)17-2/h6-7,11,15H,3-5,8H2,1-2H3. The maximum Gasteiger partial charge on any atom is 0.175 e. The van der Waals surface area contributed by atoms with E-state index in [0.717, 1.165) is 28.9 Å². The summed E-state index contributed by atoms with van der Waals surface area (Å²) < 4.78 is 11.8. The predicted octanol–water partition coefficient (Wildman–Crippen LogP) is 3.28. The minimum absolute atomic E-state index is 0.376. The second kappa shape index (κ2) is 5.74. The van der Waals surface area contributed by atoms with E-state index < -0.39 is 0 Å². The lowest BCUT2D eigenvalue weighted by atomic mass is 9.96. The highest BCUT2D eigenvalue weighted by molar-refractivity contribution is 9.10. The molecule has 0 bridgehead atoms. The van der Waals surface area contributed by atoms with Crippen LogP contribution in [0.5, 0.6) is 11.5 Å². The highest BCUT2D eigenvalue weighted by Gasteiger charge is 2.22. The van der Waals surface area contributed by atoms with Crippen molar-refractivity contribution in [2.45, 2.75) is 25.3 Å². The van der Waals surface area contributed by atoms with E-state index in [4.69, 9.17) is 9.47 Å². The van der Waals surface area contributed by atoms with Gasteiger partial charge in [0, 0.05) is 11.6 Å². The van der Waals surface area contributed by atoms with E-state index in [1.54, 1.807) is 14.2 Å². The Kier molecular flexibility index (Phi) is 4.29. The number of piperidine rings is 1. The van der Waals surface area contributed by atoms with Crippen LogP contribution in [-0.2, 0) is 0 Å².